The molecule has 1 fully saturated rings. The second kappa shape index (κ2) is 18.7. The Hall–Kier alpha value is -3.16. The molecule has 2 heterocycles. The summed E-state index contributed by atoms with van der Waals surface area (Å²) >= 11 is 6.21. The number of alkyl carbamates (subject to hydrolysis) is 1. The van der Waals surface area contributed by atoms with Crippen molar-refractivity contribution in [1.82, 2.24) is 25.8 Å². The Morgan fingerprint density at radius 1 is 1.00 bits per heavy atom. The molecule has 0 radical (unpaired) electrons. The van der Waals surface area contributed by atoms with Crippen molar-refractivity contribution in [3.8, 4) is 10.4 Å². The van der Waals surface area contributed by atoms with Gasteiger partial charge in [0.05, 0.1) is 22.2 Å². The summed E-state index contributed by atoms with van der Waals surface area (Å²) in [7, 11) is 0. The van der Waals surface area contributed by atoms with Gasteiger partial charge in [0.15, 0.2) is 0 Å². The zero-order chi connectivity index (χ0) is 36.2. The molecular weight excluding hydrogens is 663 g/mol. The third-order valence-electron chi connectivity index (χ3n) is 8.30. The third kappa shape index (κ3) is 13.6. The van der Waals surface area contributed by atoms with Gasteiger partial charge in [-0.25, -0.2) is 9.78 Å². The van der Waals surface area contributed by atoms with E-state index < -0.39 is 40.5 Å². The molecular formula is C36H55N5O6S2. The zero-order valence-corrected chi connectivity index (χ0v) is 31.6. The van der Waals surface area contributed by atoms with Gasteiger partial charge in [-0.05, 0) is 65.5 Å². The number of amides is 4. The smallest absolute Gasteiger partial charge is 0.407 e. The van der Waals surface area contributed by atoms with E-state index in [2.05, 4.69) is 33.6 Å². The van der Waals surface area contributed by atoms with Crippen LogP contribution in [0, 0.1) is 6.92 Å². The third-order valence-corrected chi connectivity index (χ3v) is 9.54. The molecule has 0 saturated carbocycles. The standard InChI is InChI=1S/C36H55N5O6S2/c1-24-30(49-23-39-24)26-17-15-25(16-18-26)21-38-32(44)28-20-27(42)22-41(28)33(45)31(36(5,6)48)40-29(43)14-12-10-8-7-9-11-13-19-37-34(46)47-35(2,3)4/h15-18,23,27-28,31,42,48H,7-14,19-22H2,1-6H3,(H,37,46)(H,38,44)(H,40,43)/t27-,28+,31-/m1/s1. The van der Waals surface area contributed by atoms with Crippen LogP contribution in [0.2, 0.25) is 0 Å². The number of hydrogen-bond donors (Lipinski definition) is 5. The summed E-state index contributed by atoms with van der Waals surface area (Å²) in [6.45, 7) is 11.8. The summed E-state index contributed by atoms with van der Waals surface area (Å²) in [5.74, 6) is -1.03. The summed E-state index contributed by atoms with van der Waals surface area (Å²) in [5.41, 5.74) is 4.25. The highest BCUT2D eigenvalue weighted by atomic mass is 32.1. The van der Waals surface area contributed by atoms with Crippen molar-refractivity contribution in [3.63, 3.8) is 0 Å². The molecule has 0 spiro atoms. The van der Waals surface area contributed by atoms with Crippen molar-refractivity contribution >= 4 is 47.8 Å². The Labute approximate surface area is 300 Å². The predicted molar refractivity (Wildman–Crippen MR) is 196 cm³/mol. The molecule has 3 atom stereocenters. The maximum absolute atomic E-state index is 13.8. The van der Waals surface area contributed by atoms with E-state index >= 15 is 0 Å². The van der Waals surface area contributed by atoms with E-state index in [1.54, 1.807) is 25.2 Å². The second-order valence-corrected chi connectivity index (χ2v) is 16.4. The fourth-order valence-electron chi connectivity index (χ4n) is 5.70. The van der Waals surface area contributed by atoms with Crippen LogP contribution >= 0.6 is 24.0 Å². The molecule has 2 aromatic rings. The molecule has 272 valence electrons. The minimum absolute atomic E-state index is 0.00706. The van der Waals surface area contributed by atoms with Crippen LogP contribution < -0.4 is 16.0 Å². The summed E-state index contributed by atoms with van der Waals surface area (Å²) in [4.78, 5) is 58.5. The molecule has 0 unspecified atom stereocenters. The number of thiazole rings is 1. The van der Waals surface area contributed by atoms with Crippen molar-refractivity contribution in [2.45, 2.75) is 134 Å². The number of carbonyl (C=O) groups is 4. The van der Waals surface area contributed by atoms with E-state index in [9.17, 15) is 24.3 Å². The number of aryl methyl sites for hydroxylation is 1. The van der Waals surface area contributed by atoms with Crippen molar-refractivity contribution in [3.05, 3.63) is 41.0 Å². The Kier molecular flexibility index (Phi) is 15.4. The summed E-state index contributed by atoms with van der Waals surface area (Å²) in [6.07, 6.45) is 5.70. The van der Waals surface area contributed by atoms with Gasteiger partial charge < -0.3 is 30.7 Å². The molecule has 1 saturated heterocycles. The van der Waals surface area contributed by atoms with Crippen LogP contribution in [0.25, 0.3) is 10.4 Å². The first-order valence-electron chi connectivity index (χ1n) is 17.3. The highest BCUT2D eigenvalue weighted by molar-refractivity contribution is 7.81. The van der Waals surface area contributed by atoms with E-state index in [4.69, 9.17) is 4.74 Å². The molecule has 11 nitrogen and oxygen atoms in total. The Bertz CT molecular complexity index is 1390. The first kappa shape index (κ1) is 40.3. The summed E-state index contributed by atoms with van der Waals surface area (Å²) < 4.78 is 4.33. The number of unbranched alkanes of at least 4 members (excludes halogenated alkanes) is 6. The number of likely N-dealkylation sites (tertiary alicyclic amines) is 1. The van der Waals surface area contributed by atoms with Gasteiger partial charge in [0.1, 0.15) is 17.7 Å². The SMILES string of the molecule is Cc1ncsc1-c1ccc(CNC(=O)[C@@H]2C[C@@H](O)CN2C(=O)[C@@H](NC(=O)CCCCCCCCCNC(=O)OC(C)(C)C)C(C)(C)S)cc1. The summed E-state index contributed by atoms with van der Waals surface area (Å²) in [6, 6.07) is 6.06. The average Bonchev–Trinajstić information content (AvgIpc) is 3.63. The second-order valence-electron chi connectivity index (χ2n) is 14.4. The number of thiol groups is 1. The van der Waals surface area contributed by atoms with E-state index in [0.29, 0.717) is 13.0 Å². The van der Waals surface area contributed by atoms with E-state index in [1.807, 2.05) is 57.5 Å². The van der Waals surface area contributed by atoms with Crippen LogP contribution in [0.4, 0.5) is 4.79 Å². The first-order valence-corrected chi connectivity index (χ1v) is 18.6. The first-order chi connectivity index (χ1) is 23.0. The number of aliphatic hydroxyl groups is 1. The van der Waals surface area contributed by atoms with Gasteiger partial charge in [-0.2, -0.15) is 12.6 Å². The van der Waals surface area contributed by atoms with E-state index in [-0.39, 0.29) is 37.7 Å². The molecule has 1 aromatic heterocycles. The maximum Gasteiger partial charge on any atom is 0.407 e. The number of ether oxygens (including phenoxy) is 1. The van der Waals surface area contributed by atoms with Crippen LogP contribution in [0.15, 0.2) is 29.8 Å². The van der Waals surface area contributed by atoms with Crippen molar-refractivity contribution < 1.29 is 29.0 Å². The zero-order valence-electron chi connectivity index (χ0n) is 29.8. The Morgan fingerprint density at radius 3 is 2.22 bits per heavy atom. The molecule has 13 heteroatoms. The molecule has 1 aromatic carbocycles. The number of aromatic nitrogens is 1. The van der Waals surface area contributed by atoms with Crippen molar-refractivity contribution in [2.75, 3.05) is 13.1 Å². The number of carbonyl (C=O) groups excluding carboxylic acids is 4. The Balaban J connectivity index is 1.41. The number of rotatable bonds is 17. The van der Waals surface area contributed by atoms with Crippen LogP contribution in [-0.4, -0.2) is 80.4 Å². The lowest BCUT2D eigenvalue weighted by Crippen LogP contribution is -2.59. The van der Waals surface area contributed by atoms with Gasteiger partial charge >= 0.3 is 6.09 Å². The number of nitrogens with zero attached hydrogens (tertiary/aromatic N) is 2. The maximum atomic E-state index is 13.8. The number of aliphatic hydroxyl groups excluding tert-OH is 1. The van der Waals surface area contributed by atoms with Gasteiger partial charge in [0.25, 0.3) is 0 Å². The van der Waals surface area contributed by atoms with Gasteiger partial charge in [-0.1, -0.05) is 56.4 Å². The number of nitrogens with one attached hydrogen (secondary N) is 3. The molecule has 3 rings (SSSR count). The fraction of sp³-hybridized carbons (Fsp3) is 0.639. The molecule has 4 amide bonds. The summed E-state index contributed by atoms with van der Waals surface area (Å²) in [5, 5.41) is 19.0. The average molecular weight is 718 g/mol. The highest BCUT2D eigenvalue weighted by Crippen LogP contribution is 2.28. The minimum Gasteiger partial charge on any atom is -0.444 e. The lowest BCUT2D eigenvalue weighted by atomic mass is 10.00. The van der Waals surface area contributed by atoms with Crippen molar-refractivity contribution in [1.29, 1.82) is 0 Å². The lowest BCUT2D eigenvalue weighted by molar-refractivity contribution is -0.142. The molecule has 4 N–H and O–H groups in total. The molecule has 0 bridgehead atoms. The molecule has 0 aliphatic carbocycles. The normalized spacial score (nSPS) is 17.0. The fourth-order valence-corrected chi connectivity index (χ4v) is 6.69. The van der Waals surface area contributed by atoms with Crippen LogP contribution in [0.1, 0.15) is 104 Å². The quantitative estimate of drug-likeness (QED) is 0.107. The van der Waals surface area contributed by atoms with Gasteiger partial charge in [-0.3, -0.25) is 14.4 Å². The topological polar surface area (TPSA) is 150 Å². The minimum atomic E-state index is -0.971. The van der Waals surface area contributed by atoms with Gasteiger partial charge in [-0.15, -0.1) is 11.3 Å². The van der Waals surface area contributed by atoms with Crippen LogP contribution in [0.5, 0.6) is 0 Å². The van der Waals surface area contributed by atoms with Crippen molar-refractivity contribution in [2.24, 2.45) is 0 Å². The van der Waals surface area contributed by atoms with Gasteiger partial charge in [0.2, 0.25) is 17.7 Å². The Morgan fingerprint density at radius 2 is 1.63 bits per heavy atom. The molecule has 49 heavy (non-hydrogen) atoms. The predicted octanol–water partition coefficient (Wildman–Crippen LogP) is 5.54. The molecule has 1 aliphatic rings. The van der Waals surface area contributed by atoms with Crippen LogP contribution in [0.3, 0.4) is 0 Å². The number of hydrogen-bond acceptors (Lipinski definition) is 9. The lowest BCUT2D eigenvalue weighted by Gasteiger charge is -2.34. The van der Waals surface area contributed by atoms with E-state index in [0.717, 1.165) is 60.2 Å². The number of β-amino-alcohol motifs (C(OH)–C–C–N with tert-alkyl or cyclic N) is 1. The highest BCUT2D eigenvalue weighted by Gasteiger charge is 2.44. The van der Waals surface area contributed by atoms with Gasteiger partial charge in [0, 0.05) is 37.2 Å². The number of benzene rings is 1. The molecule has 1 aliphatic heterocycles. The largest absolute Gasteiger partial charge is 0.444 e. The van der Waals surface area contributed by atoms with Crippen LogP contribution in [-0.2, 0) is 25.7 Å². The van der Waals surface area contributed by atoms with E-state index in [1.165, 1.54) is 4.90 Å². The monoisotopic (exact) mass is 717 g/mol.